The Balaban J connectivity index is 1.53. The lowest BCUT2D eigenvalue weighted by Crippen LogP contribution is -2.32. The first-order valence-electron chi connectivity index (χ1n) is 7.61. The van der Waals surface area contributed by atoms with E-state index < -0.39 is 0 Å². The minimum absolute atomic E-state index is 0.230. The fraction of sp³-hybridized carbons (Fsp3) is 0.562. The van der Waals surface area contributed by atoms with Crippen LogP contribution in [0.4, 0.5) is 4.39 Å². The van der Waals surface area contributed by atoms with Crippen LogP contribution in [0.5, 0.6) is 0 Å². The largest absolute Gasteiger partial charge is 0.381 e. The minimum Gasteiger partial charge on any atom is -0.381 e. The Morgan fingerprint density at radius 1 is 1.48 bits per heavy atom. The van der Waals surface area contributed by atoms with Crippen molar-refractivity contribution in [3.8, 4) is 0 Å². The van der Waals surface area contributed by atoms with Gasteiger partial charge in [-0.25, -0.2) is 9.37 Å². The van der Waals surface area contributed by atoms with Gasteiger partial charge in [-0.1, -0.05) is 0 Å². The third kappa shape index (κ3) is 3.80. The highest BCUT2D eigenvalue weighted by Gasteiger charge is 2.16. The number of nitrogens with one attached hydrogen (secondary N) is 1. The van der Waals surface area contributed by atoms with Crippen LogP contribution in [0.25, 0.3) is 11.0 Å². The van der Waals surface area contributed by atoms with Crippen LogP contribution in [-0.2, 0) is 11.2 Å². The van der Waals surface area contributed by atoms with Gasteiger partial charge in [0.15, 0.2) is 0 Å². The summed E-state index contributed by atoms with van der Waals surface area (Å²) in [5.41, 5.74) is 1.60. The second kappa shape index (κ2) is 6.54. The van der Waals surface area contributed by atoms with Crippen molar-refractivity contribution in [2.75, 3.05) is 33.4 Å². The number of hydrogen-bond acceptors (Lipinski definition) is 3. The number of fused-ring (bicyclic) bond motifs is 1. The molecule has 0 spiro atoms. The van der Waals surface area contributed by atoms with E-state index in [1.54, 1.807) is 6.07 Å². The molecular formula is C16H22FN3O. The van der Waals surface area contributed by atoms with Gasteiger partial charge in [-0.3, -0.25) is 0 Å². The summed E-state index contributed by atoms with van der Waals surface area (Å²) in [5, 5.41) is 0. The third-order valence-corrected chi connectivity index (χ3v) is 4.05. The van der Waals surface area contributed by atoms with E-state index in [0.717, 1.165) is 49.6 Å². The van der Waals surface area contributed by atoms with Crippen molar-refractivity contribution in [2.45, 2.75) is 19.3 Å². The molecule has 1 aliphatic heterocycles. The molecular weight excluding hydrogens is 269 g/mol. The number of H-pyrrole nitrogens is 1. The van der Waals surface area contributed by atoms with Crippen LogP contribution in [0.3, 0.4) is 0 Å². The van der Waals surface area contributed by atoms with E-state index >= 15 is 0 Å². The predicted molar refractivity (Wildman–Crippen MR) is 80.8 cm³/mol. The summed E-state index contributed by atoms with van der Waals surface area (Å²) in [6, 6.07) is 4.66. The summed E-state index contributed by atoms with van der Waals surface area (Å²) in [6.07, 6.45) is 3.28. The van der Waals surface area contributed by atoms with Gasteiger partial charge < -0.3 is 14.6 Å². The van der Waals surface area contributed by atoms with Crippen molar-refractivity contribution in [1.82, 2.24) is 14.9 Å². The van der Waals surface area contributed by atoms with Crippen LogP contribution >= 0.6 is 0 Å². The highest BCUT2D eigenvalue weighted by atomic mass is 19.1. The Morgan fingerprint density at radius 3 is 3.19 bits per heavy atom. The number of benzene rings is 1. The van der Waals surface area contributed by atoms with E-state index in [-0.39, 0.29) is 5.82 Å². The van der Waals surface area contributed by atoms with Gasteiger partial charge in [0.05, 0.1) is 17.6 Å². The van der Waals surface area contributed by atoms with E-state index in [4.69, 9.17) is 4.74 Å². The molecule has 1 aliphatic rings. The van der Waals surface area contributed by atoms with Gasteiger partial charge in [0, 0.05) is 26.1 Å². The zero-order valence-electron chi connectivity index (χ0n) is 12.4. The summed E-state index contributed by atoms with van der Waals surface area (Å²) in [5.74, 6) is 1.34. The molecule has 0 saturated carbocycles. The lowest BCUT2D eigenvalue weighted by Gasteiger charge is -2.26. The maximum atomic E-state index is 13.2. The van der Waals surface area contributed by atoms with Crippen LogP contribution in [0, 0.1) is 11.7 Å². The Kier molecular flexibility index (Phi) is 4.51. The highest BCUT2D eigenvalue weighted by molar-refractivity contribution is 5.74. The monoisotopic (exact) mass is 291 g/mol. The number of likely N-dealkylation sites (N-methyl/N-ethyl adjacent to an activating group) is 1. The van der Waals surface area contributed by atoms with Crippen molar-refractivity contribution in [1.29, 1.82) is 0 Å². The number of aromatic nitrogens is 2. The fourth-order valence-corrected chi connectivity index (χ4v) is 2.93. The Labute approximate surface area is 124 Å². The summed E-state index contributed by atoms with van der Waals surface area (Å²) in [7, 11) is 2.14. The van der Waals surface area contributed by atoms with Crippen LogP contribution in [0.1, 0.15) is 18.7 Å². The number of hydrogen-bond donors (Lipinski definition) is 1. The van der Waals surface area contributed by atoms with Crippen molar-refractivity contribution in [2.24, 2.45) is 5.92 Å². The fourth-order valence-electron chi connectivity index (χ4n) is 2.93. The average Bonchev–Trinajstić information content (AvgIpc) is 2.88. The minimum atomic E-state index is -0.230. The average molecular weight is 291 g/mol. The Morgan fingerprint density at radius 2 is 2.38 bits per heavy atom. The molecule has 4 nitrogen and oxygen atoms in total. The van der Waals surface area contributed by atoms with Crippen molar-refractivity contribution < 1.29 is 9.13 Å². The van der Waals surface area contributed by atoms with Crippen molar-refractivity contribution in [3.05, 3.63) is 29.8 Å². The molecule has 21 heavy (non-hydrogen) atoms. The highest BCUT2D eigenvalue weighted by Crippen LogP contribution is 2.15. The van der Waals surface area contributed by atoms with Crippen LogP contribution in [0.15, 0.2) is 18.2 Å². The number of imidazole rings is 1. The SMILES string of the molecule is CN(CCc1nc2ccc(F)cc2[nH]1)CC1CCCOC1. The van der Waals surface area contributed by atoms with E-state index in [0.29, 0.717) is 5.92 Å². The predicted octanol–water partition coefficient (Wildman–Crippen LogP) is 2.60. The van der Waals surface area contributed by atoms with Crippen LogP contribution < -0.4 is 0 Å². The van der Waals surface area contributed by atoms with Crippen LogP contribution in [0.2, 0.25) is 0 Å². The van der Waals surface area contributed by atoms with Crippen molar-refractivity contribution >= 4 is 11.0 Å². The van der Waals surface area contributed by atoms with Gasteiger partial charge in [-0.15, -0.1) is 0 Å². The molecule has 1 unspecified atom stereocenters. The molecule has 2 heterocycles. The Hall–Kier alpha value is -1.46. The number of rotatable bonds is 5. The topological polar surface area (TPSA) is 41.2 Å². The third-order valence-electron chi connectivity index (χ3n) is 4.05. The molecule has 0 aliphatic carbocycles. The molecule has 1 saturated heterocycles. The zero-order valence-corrected chi connectivity index (χ0v) is 12.4. The normalized spacial score (nSPS) is 19.5. The Bertz CT molecular complexity index is 592. The van der Waals surface area contributed by atoms with Crippen molar-refractivity contribution in [3.63, 3.8) is 0 Å². The molecule has 2 aromatic rings. The summed E-state index contributed by atoms with van der Waals surface area (Å²) < 4.78 is 18.7. The number of ether oxygens (including phenoxy) is 1. The molecule has 1 fully saturated rings. The molecule has 1 aromatic heterocycles. The lowest BCUT2D eigenvalue weighted by molar-refractivity contribution is 0.0422. The van der Waals surface area contributed by atoms with Crippen LogP contribution in [-0.4, -0.2) is 48.2 Å². The molecule has 1 N–H and O–H groups in total. The lowest BCUT2D eigenvalue weighted by atomic mass is 10.0. The molecule has 3 rings (SSSR count). The smallest absolute Gasteiger partial charge is 0.125 e. The zero-order chi connectivity index (χ0) is 14.7. The standard InChI is InChI=1S/C16H22FN3O/c1-20(10-12-3-2-8-21-11-12)7-6-16-18-14-5-4-13(17)9-15(14)19-16/h4-5,9,12H,2-3,6-8,10-11H2,1H3,(H,18,19). The number of nitrogens with zero attached hydrogens (tertiary/aromatic N) is 2. The molecule has 0 amide bonds. The molecule has 0 bridgehead atoms. The van der Waals surface area contributed by atoms with Gasteiger partial charge in [0.25, 0.3) is 0 Å². The summed E-state index contributed by atoms with van der Waals surface area (Å²) in [6.45, 7) is 3.80. The quantitative estimate of drug-likeness (QED) is 0.920. The summed E-state index contributed by atoms with van der Waals surface area (Å²) in [4.78, 5) is 10.0. The number of halogens is 1. The number of aromatic amines is 1. The van der Waals surface area contributed by atoms with E-state index in [1.807, 2.05) is 0 Å². The van der Waals surface area contributed by atoms with Gasteiger partial charge in [0.1, 0.15) is 11.6 Å². The molecule has 114 valence electrons. The van der Waals surface area contributed by atoms with E-state index in [2.05, 4.69) is 21.9 Å². The van der Waals surface area contributed by atoms with Gasteiger partial charge in [-0.05, 0) is 44.0 Å². The molecule has 1 aromatic carbocycles. The molecule has 1 atom stereocenters. The van der Waals surface area contributed by atoms with E-state index in [1.165, 1.54) is 25.0 Å². The van der Waals surface area contributed by atoms with Gasteiger partial charge >= 0.3 is 0 Å². The van der Waals surface area contributed by atoms with Gasteiger partial charge in [0.2, 0.25) is 0 Å². The molecule has 5 heteroatoms. The molecule has 0 radical (unpaired) electrons. The summed E-state index contributed by atoms with van der Waals surface area (Å²) >= 11 is 0. The first-order chi connectivity index (χ1) is 10.2. The van der Waals surface area contributed by atoms with Gasteiger partial charge in [-0.2, -0.15) is 0 Å². The maximum Gasteiger partial charge on any atom is 0.125 e. The maximum absolute atomic E-state index is 13.2. The second-order valence-electron chi connectivity index (χ2n) is 5.94. The first-order valence-corrected chi connectivity index (χ1v) is 7.61. The van der Waals surface area contributed by atoms with E-state index in [9.17, 15) is 4.39 Å². The first kappa shape index (κ1) is 14.5. The second-order valence-corrected chi connectivity index (χ2v) is 5.94.